The lowest BCUT2D eigenvalue weighted by atomic mass is 9.98. The molecular weight excluding hydrogens is 460 g/mol. The highest BCUT2D eigenvalue weighted by Gasteiger charge is 2.29. The number of ether oxygens (including phenoxy) is 1. The molecule has 182 valence electrons. The van der Waals surface area contributed by atoms with Crippen LogP contribution in [0.2, 0.25) is 0 Å². The molecule has 3 aromatic rings. The van der Waals surface area contributed by atoms with Gasteiger partial charge in [-0.05, 0) is 47.7 Å². The Balaban J connectivity index is 1.56. The zero-order chi connectivity index (χ0) is 24.7. The van der Waals surface area contributed by atoms with Gasteiger partial charge in [-0.3, -0.25) is 4.79 Å². The minimum absolute atomic E-state index is 0.121. The van der Waals surface area contributed by atoms with Crippen molar-refractivity contribution in [1.29, 1.82) is 0 Å². The first-order valence-electron chi connectivity index (χ1n) is 11.8. The number of carbonyl (C=O) groups is 1. The lowest BCUT2D eigenvalue weighted by molar-refractivity contribution is -0.116. The predicted molar refractivity (Wildman–Crippen MR) is 138 cm³/mol. The molecule has 0 radical (unpaired) electrons. The molecule has 0 atom stereocenters. The molecule has 1 N–H and O–H groups in total. The average molecular weight is 491 g/mol. The molecule has 1 amide bonds. The van der Waals surface area contributed by atoms with Gasteiger partial charge in [0.2, 0.25) is 15.9 Å². The third-order valence-electron chi connectivity index (χ3n) is 6.10. The van der Waals surface area contributed by atoms with Crippen molar-refractivity contribution >= 4 is 22.0 Å². The monoisotopic (exact) mass is 490 g/mol. The van der Waals surface area contributed by atoms with Gasteiger partial charge in [0.15, 0.2) is 0 Å². The number of hydrogen-bond acceptors (Lipinski definition) is 4. The maximum atomic E-state index is 13.3. The summed E-state index contributed by atoms with van der Waals surface area (Å²) < 4.78 is 33.4. The van der Waals surface area contributed by atoms with Crippen LogP contribution in [0.1, 0.15) is 42.0 Å². The second kappa shape index (κ2) is 11.3. The van der Waals surface area contributed by atoms with E-state index in [0.717, 1.165) is 30.4 Å². The number of methoxy groups -OCH3 is 1. The van der Waals surface area contributed by atoms with Crippen LogP contribution in [-0.4, -0.2) is 38.8 Å². The zero-order valence-electron chi connectivity index (χ0n) is 19.8. The molecule has 6 nitrogen and oxygen atoms in total. The van der Waals surface area contributed by atoms with E-state index >= 15 is 0 Å². The number of amides is 1. The molecule has 0 spiro atoms. The summed E-state index contributed by atoms with van der Waals surface area (Å²) in [6, 6.07) is 24.2. The van der Waals surface area contributed by atoms with Crippen molar-refractivity contribution < 1.29 is 17.9 Å². The van der Waals surface area contributed by atoms with E-state index < -0.39 is 10.0 Å². The minimum Gasteiger partial charge on any atom is -0.495 e. The predicted octanol–water partition coefficient (Wildman–Crippen LogP) is 4.79. The Labute approximate surface area is 207 Å². The maximum absolute atomic E-state index is 13.3. The van der Waals surface area contributed by atoms with Crippen LogP contribution < -0.4 is 10.1 Å². The molecular formula is C28H30N2O4S. The lowest BCUT2D eigenvalue weighted by Crippen LogP contribution is -2.35. The molecule has 1 aliphatic rings. The third kappa shape index (κ3) is 5.99. The normalized spacial score (nSPS) is 14.8. The second-order valence-electron chi connectivity index (χ2n) is 8.47. The summed E-state index contributed by atoms with van der Waals surface area (Å²) in [5.74, 6) is 0.0179. The number of sulfonamides is 1. The van der Waals surface area contributed by atoms with Crippen molar-refractivity contribution in [3.8, 4) is 5.75 Å². The van der Waals surface area contributed by atoms with E-state index in [-0.39, 0.29) is 16.8 Å². The van der Waals surface area contributed by atoms with E-state index in [1.807, 2.05) is 60.7 Å². The smallest absolute Gasteiger partial charge is 0.246 e. The number of carbonyl (C=O) groups excluding carboxylic acids is 1. The van der Waals surface area contributed by atoms with Crippen LogP contribution >= 0.6 is 0 Å². The summed E-state index contributed by atoms with van der Waals surface area (Å²) in [5, 5.41) is 3.06. The van der Waals surface area contributed by atoms with Crippen molar-refractivity contribution in [3.05, 3.63) is 102 Å². The fourth-order valence-electron chi connectivity index (χ4n) is 4.26. The van der Waals surface area contributed by atoms with E-state index in [2.05, 4.69) is 5.32 Å². The fourth-order valence-corrected chi connectivity index (χ4v) is 5.96. The van der Waals surface area contributed by atoms with Gasteiger partial charge < -0.3 is 10.1 Å². The molecule has 7 heteroatoms. The van der Waals surface area contributed by atoms with E-state index in [1.165, 1.54) is 17.5 Å². The van der Waals surface area contributed by atoms with Gasteiger partial charge in [-0.15, -0.1) is 0 Å². The topological polar surface area (TPSA) is 75.7 Å². The molecule has 1 aliphatic heterocycles. The van der Waals surface area contributed by atoms with Crippen LogP contribution in [-0.2, 0) is 14.8 Å². The Morgan fingerprint density at radius 3 is 2.09 bits per heavy atom. The van der Waals surface area contributed by atoms with Crippen molar-refractivity contribution in [1.82, 2.24) is 9.62 Å². The average Bonchev–Trinajstić information content (AvgIpc) is 2.92. The minimum atomic E-state index is -3.68. The molecule has 3 aromatic carbocycles. The number of benzene rings is 3. The van der Waals surface area contributed by atoms with Crippen molar-refractivity contribution in [2.45, 2.75) is 30.2 Å². The van der Waals surface area contributed by atoms with Gasteiger partial charge in [-0.1, -0.05) is 73.2 Å². The number of piperidine rings is 1. The highest BCUT2D eigenvalue weighted by Crippen LogP contribution is 2.30. The van der Waals surface area contributed by atoms with E-state index in [1.54, 1.807) is 24.3 Å². The highest BCUT2D eigenvalue weighted by atomic mass is 32.2. The highest BCUT2D eigenvalue weighted by molar-refractivity contribution is 7.89. The molecule has 1 heterocycles. The van der Waals surface area contributed by atoms with E-state index in [0.29, 0.717) is 24.4 Å². The fraction of sp³-hybridized carbons (Fsp3) is 0.250. The number of hydrogen-bond donors (Lipinski definition) is 1. The van der Waals surface area contributed by atoms with Crippen LogP contribution in [0.25, 0.3) is 6.08 Å². The van der Waals surface area contributed by atoms with Crippen LogP contribution in [0, 0.1) is 0 Å². The maximum Gasteiger partial charge on any atom is 0.246 e. The van der Waals surface area contributed by atoms with Crippen LogP contribution in [0.5, 0.6) is 5.75 Å². The van der Waals surface area contributed by atoms with Gasteiger partial charge in [-0.2, -0.15) is 4.31 Å². The molecule has 4 rings (SSSR count). The summed E-state index contributed by atoms with van der Waals surface area (Å²) >= 11 is 0. The Hall–Kier alpha value is -3.42. The van der Waals surface area contributed by atoms with Crippen molar-refractivity contribution in [2.24, 2.45) is 0 Å². The molecule has 0 unspecified atom stereocenters. The second-order valence-corrected chi connectivity index (χ2v) is 10.4. The summed E-state index contributed by atoms with van der Waals surface area (Å²) in [4.78, 5) is 13.0. The van der Waals surface area contributed by atoms with Gasteiger partial charge in [0.25, 0.3) is 0 Å². The molecule has 0 aromatic heterocycles. The Kier molecular flexibility index (Phi) is 8.00. The SMILES string of the molecule is COc1ccc(C=CC(=O)NC(c2ccccc2)c2ccccc2)cc1S(=O)(=O)N1CCCCC1. The van der Waals surface area contributed by atoms with E-state index in [9.17, 15) is 13.2 Å². The van der Waals surface area contributed by atoms with Gasteiger partial charge in [0.1, 0.15) is 10.6 Å². The number of nitrogens with one attached hydrogen (secondary N) is 1. The molecule has 0 saturated carbocycles. The van der Waals surface area contributed by atoms with Gasteiger partial charge >= 0.3 is 0 Å². The summed E-state index contributed by atoms with van der Waals surface area (Å²) in [6.45, 7) is 1.02. The van der Waals surface area contributed by atoms with E-state index in [4.69, 9.17) is 4.74 Å². The van der Waals surface area contributed by atoms with Crippen molar-refractivity contribution in [2.75, 3.05) is 20.2 Å². The van der Waals surface area contributed by atoms with Gasteiger partial charge in [-0.25, -0.2) is 8.42 Å². The summed E-state index contributed by atoms with van der Waals surface area (Å²) in [5.41, 5.74) is 2.55. The van der Waals surface area contributed by atoms with Crippen LogP contribution in [0.4, 0.5) is 0 Å². The molecule has 0 aliphatic carbocycles. The lowest BCUT2D eigenvalue weighted by Gasteiger charge is -2.26. The Bertz CT molecular complexity index is 1230. The molecule has 35 heavy (non-hydrogen) atoms. The molecule has 1 saturated heterocycles. The quantitative estimate of drug-likeness (QED) is 0.461. The van der Waals surface area contributed by atoms with Crippen molar-refractivity contribution in [3.63, 3.8) is 0 Å². The largest absolute Gasteiger partial charge is 0.495 e. The molecule has 1 fully saturated rings. The Morgan fingerprint density at radius 2 is 1.51 bits per heavy atom. The first-order chi connectivity index (χ1) is 17.0. The first kappa shape index (κ1) is 24.7. The van der Waals surface area contributed by atoms with Crippen LogP contribution in [0.15, 0.2) is 89.8 Å². The standard InChI is InChI=1S/C28H30N2O4S/c1-34-25-17-15-22(21-26(25)35(32,33)30-19-9-4-10-20-30)16-18-27(31)29-28(23-11-5-2-6-12-23)24-13-7-3-8-14-24/h2-3,5-8,11-18,21,28H,4,9-10,19-20H2,1H3,(H,29,31). The summed E-state index contributed by atoms with van der Waals surface area (Å²) in [7, 11) is -2.22. The number of rotatable bonds is 8. The summed E-state index contributed by atoms with van der Waals surface area (Å²) in [6.07, 6.45) is 5.79. The van der Waals surface area contributed by atoms with Gasteiger partial charge in [0.05, 0.1) is 13.2 Å². The third-order valence-corrected chi connectivity index (χ3v) is 8.02. The number of nitrogens with zero attached hydrogens (tertiary/aromatic N) is 1. The van der Waals surface area contributed by atoms with Crippen LogP contribution in [0.3, 0.4) is 0 Å². The molecule has 0 bridgehead atoms. The Morgan fingerprint density at radius 1 is 0.914 bits per heavy atom. The first-order valence-corrected chi connectivity index (χ1v) is 13.2. The zero-order valence-corrected chi connectivity index (χ0v) is 20.6. The van der Waals surface area contributed by atoms with Gasteiger partial charge in [0, 0.05) is 19.2 Å².